The molecule has 0 spiro atoms. The summed E-state index contributed by atoms with van der Waals surface area (Å²) in [4.78, 5) is 14.1. The van der Waals surface area contributed by atoms with Crippen LogP contribution in [0, 0.1) is 5.82 Å². The van der Waals surface area contributed by atoms with Crippen LogP contribution in [0.25, 0.3) is 0 Å². The summed E-state index contributed by atoms with van der Waals surface area (Å²) < 4.78 is 27.2. The fourth-order valence-electron chi connectivity index (χ4n) is 3.45. The Bertz CT molecular complexity index is 1050. The van der Waals surface area contributed by atoms with Gasteiger partial charge in [-0.25, -0.2) is 4.39 Å². The molecule has 0 saturated heterocycles. The number of nitrogens with one attached hydrogen (secondary N) is 1. The largest absolute Gasteiger partial charge is 0.454 e. The van der Waals surface area contributed by atoms with Gasteiger partial charge in [-0.05, 0) is 77.4 Å². The minimum Gasteiger partial charge on any atom is -0.454 e. The lowest BCUT2D eigenvalue weighted by molar-refractivity contribution is -0.120. The van der Waals surface area contributed by atoms with Gasteiger partial charge in [-0.15, -0.1) is 0 Å². The molecular weight excluding hydrogens is 413 g/mol. The predicted molar refractivity (Wildman–Crippen MR) is 120 cm³/mol. The van der Waals surface area contributed by atoms with Crippen LogP contribution >= 0.6 is 11.9 Å². The fraction of sp³-hybridized carbons (Fsp3) is 0.240. The van der Waals surface area contributed by atoms with E-state index in [1.54, 1.807) is 12.1 Å². The summed E-state index contributed by atoms with van der Waals surface area (Å²) in [6.45, 7) is 4.47. The molecule has 1 aliphatic rings. The summed E-state index contributed by atoms with van der Waals surface area (Å²) in [5.74, 6) is 0.882. The number of ether oxygens (including phenoxy) is 2. The van der Waals surface area contributed by atoms with E-state index in [0.717, 1.165) is 16.0 Å². The van der Waals surface area contributed by atoms with Crippen LogP contribution in [0.3, 0.4) is 0 Å². The van der Waals surface area contributed by atoms with E-state index in [-0.39, 0.29) is 18.5 Å². The van der Waals surface area contributed by atoms with Crippen molar-refractivity contribution in [1.29, 1.82) is 0 Å². The van der Waals surface area contributed by atoms with Crippen molar-refractivity contribution in [2.24, 2.45) is 0 Å². The molecule has 1 amide bonds. The van der Waals surface area contributed by atoms with Crippen molar-refractivity contribution >= 4 is 17.9 Å². The normalized spacial score (nSPS) is 13.3. The van der Waals surface area contributed by atoms with Gasteiger partial charge in [0.2, 0.25) is 12.7 Å². The molecule has 3 aromatic rings. The van der Waals surface area contributed by atoms with Crippen LogP contribution in [0.2, 0.25) is 0 Å². The first kappa shape index (κ1) is 21.2. The van der Waals surface area contributed by atoms with Crippen molar-refractivity contribution < 1.29 is 18.7 Å². The summed E-state index contributed by atoms with van der Waals surface area (Å²) in [6, 6.07) is 20.0. The Morgan fingerprint density at radius 3 is 2.35 bits per heavy atom. The molecule has 0 radical (unpaired) electrons. The molecule has 1 N–H and O–H groups in total. The molecule has 160 valence electrons. The van der Waals surface area contributed by atoms with E-state index < -0.39 is 5.92 Å². The van der Waals surface area contributed by atoms with E-state index >= 15 is 0 Å². The second-order valence-electron chi connectivity index (χ2n) is 7.79. The van der Waals surface area contributed by atoms with Crippen LogP contribution < -0.4 is 14.2 Å². The third-order valence-electron chi connectivity index (χ3n) is 5.28. The molecule has 31 heavy (non-hydrogen) atoms. The summed E-state index contributed by atoms with van der Waals surface area (Å²) in [7, 11) is 0. The number of fused-ring (bicyclic) bond motifs is 1. The Hall–Kier alpha value is -2.99. The highest BCUT2D eigenvalue weighted by molar-refractivity contribution is 7.98. The van der Waals surface area contributed by atoms with Crippen LogP contribution in [0.15, 0.2) is 71.6 Å². The van der Waals surface area contributed by atoms with Crippen molar-refractivity contribution in [1.82, 2.24) is 4.72 Å². The van der Waals surface area contributed by atoms with Crippen molar-refractivity contribution in [3.8, 4) is 11.5 Å². The van der Waals surface area contributed by atoms with Gasteiger partial charge in [-0.2, -0.15) is 0 Å². The van der Waals surface area contributed by atoms with Gasteiger partial charge in [0, 0.05) is 4.90 Å². The van der Waals surface area contributed by atoms with Crippen LogP contribution in [0.5, 0.6) is 11.5 Å². The molecule has 0 aliphatic carbocycles. The van der Waals surface area contributed by atoms with Gasteiger partial charge in [0.05, 0.1) is 5.92 Å². The Balaban J connectivity index is 1.52. The minimum absolute atomic E-state index is 0.124. The van der Waals surface area contributed by atoms with E-state index in [2.05, 4.69) is 30.7 Å². The Labute approximate surface area is 185 Å². The van der Waals surface area contributed by atoms with Crippen LogP contribution in [-0.2, 0) is 11.2 Å². The molecule has 0 fully saturated rings. The molecule has 6 heteroatoms. The molecule has 0 saturated carbocycles. The molecule has 4 nitrogen and oxygen atoms in total. The maximum atomic E-state index is 13.3. The van der Waals surface area contributed by atoms with Gasteiger partial charge in [0.25, 0.3) is 0 Å². The van der Waals surface area contributed by atoms with Crippen LogP contribution in [0.4, 0.5) is 4.39 Å². The van der Waals surface area contributed by atoms with Crippen molar-refractivity contribution in [3.63, 3.8) is 0 Å². The van der Waals surface area contributed by atoms with E-state index in [9.17, 15) is 9.18 Å². The number of hydrogen-bond acceptors (Lipinski definition) is 4. The Morgan fingerprint density at radius 1 is 0.968 bits per heavy atom. The second kappa shape index (κ2) is 9.43. The quantitative estimate of drug-likeness (QED) is 0.473. The predicted octanol–water partition coefficient (Wildman–Crippen LogP) is 5.83. The molecule has 1 aliphatic heterocycles. The first-order valence-corrected chi connectivity index (χ1v) is 11.0. The summed E-state index contributed by atoms with van der Waals surface area (Å²) in [5.41, 5.74) is 2.96. The highest BCUT2D eigenvalue weighted by atomic mass is 32.2. The molecule has 0 aromatic heterocycles. The van der Waals surface area contributed by atoms with Gasteiger partial charge < -0.3 is 9.47 Å². The standard InChI is InChI=1S/C25H24FNO3S/c1-16(2)18-5-10-21(11-6-18)31-27-25(28)22(13-17-3-8-20(26)9-4-17)19-7-12-23-24(14-19)30-15-29-23/h3-12,14,16,22H,13,15H2,1-2H3,(H,27,28). The first-order valence-electron chi connectivity index (χ1n) is 10.2. The molecule has 4 rings (SSSR count). The monoisotopic (exact) mass is 437 g/mol. The van der Waals surface area contributed by atoms with Gasteiger partial charge in [-0.3, -0.25) is 9.52 Å². The number of amides is 1. The smallest absolute Gasteiger partial charge is 0.237 e. The van der Waals surface area contributed by atoms with Gasteiger partial charge in [0.15, 0.2) is 11.5 Å². The van der Waals surface area contributed by atoms with Gasteiger partial charge in [-0.1, -0.05) is 44.2 Å². The van der Waals surface area contributed by atoms with Crippen LogP contribution in [-0.4, -0.2) is 12.7 Å². The number of rotatable bonds is 7. The highest BCUT2D eigenvalue weighted by Gasteiger charge is 2.24. The zero-order chi connectivity index (χ0) is 21.8. The molecule has 3 aromatic carbocycles. The third-order valence-corrected chi connectivity index (χ3v) is 6.10. The molecule has 1 unspecified atom stereocenters. The minimum atomic E-state index is -0.456. The Kier molecular flexibility index (Phi) is 6.47. The lowest BCUT2D eigenvalue weighted by atomic mass is 9.91. The number of carbonyl (C=O) groups is 1. The average molecular weight is 438 g/mol. The molecule has 1 atom stereocenters. The number of carbonyl (C=O) groups excluding carboxylic acids is 1. The van der Waals surface area contributed by atoms with Crippen molar-refractivity contribution in [2.45, 2.75) is 37.0 Å². The third kappa shape index (κ3) is 5.20. The zero-order valence-electron chi connectivity index (χ0n) is 17.4. The highest BCUT2D eigenvalue weighted by Crippen LogP contribution is 2.36. The van der Waals surface area contributed by atoms with Gasteiger partial charge >= 0.3 is 0 Å². The van der Waals surface area contributed by atoms with E-state index in [0.29, 0.717) is 23.8 Å². The molecular formula is C25H24FNO3S. The van der Waals surface area contributed by atoms with E-state index in [1.807, 2.05) is 30.3 Å². The number of halogens is 1. The summed E-state index contributed by atoms with van der Waals surface area (Å²) in [6.07, 6.45) is 0.443. The Morgan fingerprint density at radius 2 is 1.65 bits per heavy atom. The zero-order valence-corrected chi connectivity index (χ0v) is 18.2. The lowest BCUT2D eigenvalue weighted by Crippen LogP contribution is -2.25. The van der Waals surface area contributed by atoms with Crippen molar-refractivity contribution in [2.75, 3.05) is 6.79 Å². The second-order valence-corrected chi connectivity index (χ2v) is 8.67. The molecule has 0 bridgehead atoms. The average Bonchev–Trinajstić information content (AvgIpc) is 3.25. The van der Waals surface area contributed by atoms with Crippen molar-refractivity contribution in [3.05, 3.63) is 89.2 Å². The van der Waals surface area contributed by atoms with Crippen LogP contribution in [0.1, 0.15) is 42.4 Å². The summed E-state index contributed by atoms with van der Waals surface area (Å²) in [5, 5.41) is 0. The maximum Gasteiger partial charge on any atom is 0.237 e. The number of hydrogen-bond donors (Lipinski definition) is 1. The van der Waals surface area contributed by atoms with E-state index in [1.165, 1.54) is 29.6 Å². The topological polar surface area (TPSA) is 47.6 Å². The van der Waals surface area contributed by atoms with E-state index in [4.69, 9.17) is 9.47 Å². The number of benzene rings is 3. The molecule has 1 heterocycles. The maximum absolute atomic E-state index is 13.3. The summed E-state index contributed by atoms with van der Waals surface area (Å²) >= 11 is 1.29. The lowest BCUT2D eigenvalue weighted by Gasteiger charge is -2.18. The van der Waals surface area contributed by atoms with Gasteiger partial charge in [0.1, 0.15) is 5.82 Å². The SMILES string of the molecule is CC(C)c1ccc(SNC(=O)C(Cc2ccc(F)cc2)c2ccc3c(c2)OCO3)cc1. The fourth-order valence-corrected chi connectivity index (χ4v) is 4.08. The first-order chi connectivity index (χ1) is 15.0.